The van der Waals surface area contributed by atoms with Gasteiger partial charge in [-0.25, -0.2) is 9.50 Å². The van der Waals surface area contributed by atoms with Crippen LogP contribution < -0.4 is 5.32 Å². The summed E-state index contributed by atoms with van der Waals surface area (Å²) in [5.41, 5.74) is 4.21. The number of carboxylic acid groups (broad SMARTS) is 1. The van der Waals surface area contributed by atoms with Gasteiger partial charge in [-0.05, 0) is 128 Å². The summed E-state index contributed by atoms with van der Waals surface area (Å²) in [7, 11) is 0. The number of rotatable bonds is 9. The molecular formula is C46H66N4O5. The van der Waals surface area contributed by atoms with E-state index in [1.807, 2.05) is 43.0 Å². The molecule has 0 bridgehead atoms. The highest BCUT2D eigenvalue weighted by molar-refractivity contribution is 6.00. The quantitative estimate of drug-likeness (QED) is 0.192. The van der Waals surface area contributed by atoms with Crippen LogP contribution in [0, 0.1) is 68.0 Å². The van der Waals surface area contributed by atoms with Crippen LogP contribution in [0.3, 0.4) is 0 Å². The summed E-state index contributed by atoms with van der Waals surface area (Å²) in [5.74, 6) is 0.148. The van der Waals surface area contributed by atoms with E-state index in [2.05, 4.69) is 63.9 Å². The number of carboxylic acids is 1. The van der Waals surface area contributed by atoms with Crippen molar-refractivity contribution in [2.75, 3.05) is 6.54 Å². The molecule has 0 saturated heterocycles. The van der Waals surface area contributed by atoms with Crippen molar-refractivity contribution in [1.29, 1.82) is 0 Å². The Kier molecular flexibility index (Phi) is 9.15. The normalized spacial score (nSPS) is 40.2. The minimum Gasteiger partial charge on any atom is -0.481 e. The van der Waals surface area contributed by atoms with Crippen molar-refractivity contribution < 1.29 is 24.2 Å². The summed E-state index contributed by atoms with van der Waals surface area (Å²) < 4.78 is 8.26. The molecule has 5 fully saturated rings. The van der Waals surface area contributed by atoms with Gasteiger partial charge in [-0.2, -0.15) is 5.10 Å². The zero-order valence-corrected chi connectivity index (χ0v) is 35.0. The van der Waals surface area contributed by atoms with E-state index in [0.29, 0.717) is 42.9 Å². The molecule has 2 N–H and O–H groups in total. The molecule has 0 spiro atoms. The molecule has 9 nitrogen and oxygen atoms in total. The van der Waals surface area contributed by atoms with E-state index in [0.717, 1.165) is 74.7 Å². The van der Waals surface area contributed by atoms with E-state index in [4.69, 9.17) is 4.74 Å². The minimum absolute atomic E-state index is 0.0685. The van der Waals surface area contributed by atoms with Crippen LogP contribution in [0.2, 0.25) is 0 Å². The zero-order valence-electron chi connectivity index (χ0n) is 35.0. The highest BCUT2D eigenvalue weighted by atomic mass is 16.5. The van der Waals surface area contributed by atoms with Crippen molar-refractivity contribution in [3.05, 3.63) is 41.4 Å². The standard InChI is InChI=1S/C46H66N4O5/c1-27(2)36-32(51)24-46(19-21-47-25-28-26-49-50-22-10-20-48-38(28)50)18-17-44(8)29(37(36)46)11-12-34-43(7)15-14-35(42(5,6)33(43)13-16-45(34,44)9)55-40(54)31-23-30(39(52)53)41(31,3)4/h10,20,22,26-27,29-31,33-35,47H,11-19,21,23-25H2,1-9H3,(H,52,53)/t29-,30+,31-,33+,34-,35+,43+,44-,45-,46-/m1/s1. The summed E-state index contributed by atoms with van der Waals surface area (Å²) >= 11 is 0. The Morgan fingerprint density at radius 1 is 0.945 bits per heavy atom. The first-order valence-corrected chi connectivity index (χ1v) is 21.5. The number of aliphatic carboxylic acids is 1. The van der Waals surface area contributed by atoms with Crippen molar-refractivity contribution >= 4 is 23.4 Å². The lowest BCUT2D eigenvalue weighted by Gasteiger charge is -2.72. The van der Waals surface area contributed by atoms with Gasteiger partial charge >= 0.3 is 11.9 Å². The summed E-state index contributed by atoms with van der Waals surface area (Å²) in [4.78, 5) is 44.1. The smallest absolute Gasteiger partial charge is 0.309 e. The molecule has 10 atom stereocenters. The SMILES string of the molecule is CC(C)C1=C2[C@H]3CC[C@@H]4[C@@]5(C)CC[C@H](OC(=O)[C@H]6C[C@@H](C(=O)O)C6(C)C)C(C)(C)[C@@H]5CC[C@@]4(C)[C@]3(C)CC[C@@]2(CCNCc2cnn3cccnc23)CC1=O. The lowest BCUT2D eigenvalue weighted by molar-refractivity contribution is -0.236. The number of Topliss-reactive ketones (excluding diaryl/α,β-unsaturated/α-hetero) is 1. The molecule has 2 aromatic rings. The molecule has 0 unspecified atom stereocenters. The molecule has 0 aromatic carbocycles. The van der Waals surface area contributed by atoms with Crippen LogP contribution in [0.5, 0.6) is 0 Å². The van der Waals surface area contributed by atoms with Crippen molar-refractivity contribution in [2.45, 2.75) is 146 Å². The van der Waals surface area contributed by atoms with Gasteiger partial charge in [0.1, 0.15) is 6.10 Å². The lowest BCUT2D eigenvalue weighted by atomic mass is 9.33. The van der Waals surface area contributed by atoms with Crippen LogP contribution in [0.4, 0.5) is 0 Å². The fourth-order valence-corrected chi connectivity index (χ4v) is 14.8. The summed E-state index contributed by atoms with van der Waals surface area (Å²) in [5, 5.41) is 17.9. The van der Waals surface area contributed by atoms with Crippen LogP contribution in [0.15, 0.2) is 35.8 Å². The molecule has 5 saturated carbocycles. The van der Waals surface area contributed by atoms with Gasteiger partial charge in [-0.15, -0.1) is 0 Å². The molecule has 2 aromatic heterocycles. The molecule has 55 heavy (non-hydrogen) atoms. The van der Waals surface area contributed by atoms with Gasteiger partial charge < -0.3 is 15.2 Å². The Morgan fingerprint density at radius 2 is 1.71 bits per heavy atom. The van der Waals surface area contributed by atoms with Gasteiger partial charge in [0.15, 0.2) is 11.4 Å². The van der Waals surface area contributed by atoms with Crippen molar-refractivity contribution in [3.8, 4) is 0 Å². The second-order valence-electron chi connectivity index (χ2n) is 21.2. The van der Waals surface area contributed by atoms with Crippen molar-refractivity contribution in [1.82, 2.24) is 19.9 Å². The maximum absolute atomic E-state index is 14.1. The second kappa shape index (κ2) is 13.0. The van der Waals surface area contributed by atoms with Crippen molar-refractivity contribution in [3.63, 3.8) is 0 Å². The van der Waals surface area contributed by atoms with E-state index in [1.165, 1.54) is 12.0 Å². The number of hydrogen-bond acceptors (Lipinski definition) is 7. The molecule has 8 rings (SSSR count). The number of ketones is 1. The number of hydrogen-bond donors (Lipinski definition) is 2. The van der Waals surface area contributed by atoms with Gasteiger partial charge in [-0.1, -0.05) is 67.9 Å². The van der Waals surface area contributed by atoms with Gasteiger partial charge in [0.2, 0.25) is 0 Å². The summed E-state index contributed by atoms with van der Waals surface area (Å²) in [6, 6.07) is 1.90. The minimum atomic E-state index is -0.818. The van der Waals surface area contributed by atoms with Crippen LogP contribution in [-0.4, -0.2) is 50.1 Å². The Bertz CT molecular complexity index is 1930. The van der Waals surface area contributed by atoms with Crippen LogP contribution >= 0.6 is 0 Å². The van der Waals surface area contributed by atoms with E-state index in [9.17, 15) is 19.5 Å². The number of carbonyl (C=O) groups is 3. The number of aromatic nitrogens is 3. The highest BCUT2D eigenvalue weighted by Gasteiger charge is 2.70. The topological polar surface area (TPSA) is 123 Å². The molecule has 0 amide bonds. The predicted molar refractivity (Wildman–Crippen MR) is 212 cm³/mol. The molecule has 0 radical (unpaired) electrons. The largest absolute Gasteiger partial charge is 0.481 e. The number of nitrogens with zero attached hydrogens (tertiary/aromatic N) is 3. The number of carbonyl (C=O) groups excluding carboxylic acids is 2. The highest BCUT2D eigenvalue weighted by Crippen LogP contribution is 2.77. The van der Waals surface area contributed by atoms with Crippen LogP contribution in [-0.2, 0) is 25.7 Å². The van der Waals surface area contributed by atoms with Crippen LogP contribution in [0.1, 0.15) is 139 Å². The molecule has 6 aliphatic rings. The Morgan fingerprint density at radius 3 is 2.42 bits per heavy atom. The van der Waals surface area contributed by atoms with Gasteiger partial charge in [0.05, 0.1) is 18.0 Å². The molecule has 9 heteroatoms. The summed E-state index contributed by atoms with van der Waals surface area (Å²) in [6.45, 7) is 22.4. The number of allylic oxidation sites excluding steroid dienone is 2. The van der Waals surface area contributed by atoms with Crippen LogP contribution in [0.25, 0.3) is 5.65 Å². The Hall–Kier alpha value is -3.07. The number of ether oxygens (including phenoxy) is 1. The predicted octanol–water partition coefficient (Wildman–Crippen LogP) is 8.85. The number of esters is 1. The molecule has 0 aliphatic heterocycles. The second-order valence-corrected chi connectivity index (χ2v) is 21.2. The van der Waals surface area contributed by atoms with E-state index < -0.39 is 17.3 Å². The van der Waals surface area contributed by atoms with Gasteiger partial charge in [0.25, 0.3) is 0 Å². The maximum atomic E-state index is 14.1. The zero-order chi connectivity index (χ0) is 39.5. The van der Waals surface area contributed by atoms with Crippen molar-refractivity contribution in [2.24, 2.45) is 68.0 Å². The average molecular weight is 755 g/mol. The number of fused-ring (bicyclic) bond motifs is 8. The first-order chi connectivity index (χ1) is 25.8. The lowest BCUT2D eigenvalue weighted by Crippen LogP contribution is -2.66. The first-order valence-electron chi connectivity index (χ1n) is 21.5. The summed E-state index contributed by atoms with van der Waals surface area (Å²) in [6.07, 6.45) is 16.2. The van der Waals surface area contributed by atoms with E-state index in [-0.39, 0.29) is 51.0 Å². The number of nitrogens with one attached hydrogen (secondary N) is 1. The molecule has 6 aliphatic carbocycles. The fraction of sp³-hybridized carbons (Fsp3) is 0.761. The van der Waals surface area contributed by atoms with Gasteiger partial charge in [0, 0.05) is 41.8 Å². The molecular weight excluding hydrogens is 689 g/mol. The van der Waals surface area contributed by atoms with E-state index in [1.54, 1.807) is 0 Å². The Balaban J connectivity index is 1.01. The monoisotopic (exact) mass is 755 g/mol. The average Bonchev–Trinajstić information content (AvgIpc) is 3.65. The third-order valence-corrected chi connectivity index (χ3v) is 18.1. The Labute approximate surface area is 328 Å². The first kappa shape index (κ1) is 38.8. The maximum Gasteiger partial charge on any atom is 0.309 e. The third-order valence-electron chi connectivity index (χ3n) is 18.1. The molecule has 300 valence electrons. The third kappa shape index (κ3) is 5.50. The van der Waals surface area contributed by atoms with Gasteiger partial charge in [-0.3, -0.25) is 14.4 Å². The fourth-order valence-electron chi connectivity index (χ4n) is 14.8. The van der Waals surface area contributed by atoms with E-state index >= 15 is 0 Å². The molecule has 2 heterocycles.